The number of carbonyl (C=O) groups excluding carboxylic acids is 2. The van der Waals surface area contributed by atoms with E-state index in [1.54, 1.807) is 61.7 Å². The Labute approximate surface area is 203 Å². The van der Waals surface area contributed by atoms with E-state index in [0.717, 1.165) is 25.7 Å². The lowest BCUT2D eigenvalue weighted by molar-refractivity contribution is -0.123. The smallest absolute Gasteiger partial charge is 0.294 e. The van der Waals surface area contributed by atoms with E-state index in [4.69, 9.17) is 25.5 Å². The van der Waals surface area contributed by atoms with Gasteiger partial charge in [-0.1, -0.05) is 36.6 Å². The molecule has 0 radical (unpaired) electrons. The molecule has 1 N–H and O–H groups in total. The third kappa shape index (κ3) is 5.04. The fourth-order valence-electron chi connectivity index (χ4n) is 4.32. The predicted octanol–water partition coefficient (Wildman–Crippen LogP) is 5.40. The van der Waals surface area contributed by atoms with Gasteiger partial charge in [-0.15, -0.1) is 0 Å². The van der Waals surface area contributed by atoms with Gasteiger partial charge in [-0.2, -0.15) is 0 Å². The molecule has 1 fully saturated rings. The molecule has 1 aromatic heterocycles. The molecule has 3 aromatic rings. The summed E-state index contributed by atoms with van der Waals surface area (Å²) < 4.78 is 16.3. The molecule has 0 saturated heterocycles. The van der Waals surface area contributed by atoms with Gasteiger partial charge in [0.1, 0.15) is 6.04 Å². The van der Waals surface area contributed by atoms with Crippen LogP contribution in [0.2, 0.25) is 5.02 Å². The zero-order valence-corrected chi connectivity index (χ0v) is 19.9. The standard InChI is InChI=1S/C26H27ClN2O5/c1-32-21-13-12-17(15-23(21)33-2)24(25(30)28-19-8-3-4-9-19)29(20-10-5-7-18(27)16-20)26(31)22-11-6-14-34-22/h5-7,10-16,19,24H,3-4,8-9H2,1-2H3,(H,28,30). The van der Waals surface area contributed by atoms with Crippen LogP contribution in [-0.2, 0) is 4.79 Å². The summed E-state index contributed by atoms with van der Waals surface area (Å²) in [4.78, 5) is 28.9. The molecule has 34 heavy (non-hydrogen) atoms. The Bertz CT molecular complexity index is 1140. The average molecular weight is 483 g/mol. The number of nitrogens with one attached hydrogen (secondary N) is 1. The number of methoxy groups -OCH3 is 2. The Balaban J connectivity index is 1.85. The highest BCUT2D eigenvalue weighted by Crippen LogP contribution is 2.36. The summed E-state index contributed by atoms with van der Waals surface area (Å²) >= 11 is 6.28. The molecule has 1 heterocycles. The first-order chi connectivity index (χ1) is 16.5. The second kappa shape index (κ2) is 10.7. The first kappa shape index (κ1) is 23.7. The number of nitrogens with zero attached hydrogens (tertiary/aromatic N) is 1. The molecule has 1 unspecified atom stereocenters. The van der Waals surface area contributed by atoms with E-state index >= 15 is 0 Å². The minimum atomic E-state index is -1.00. The number of furan rings is 1. The van der Waals surface area contributed by atoms with Crippen LogP contribution in [0.3, 0.4) is 0 Å². The monoisotopic (exact) mass is 482 g/mol. The van der Waals surface area contributed by atoms with Gasteiger partial charge < -0.3 is 19.2 Å². The number of benzene rings is 2. The number of rotatable bonds is 8. The number of carbonyl (C=O) groups is 2. The van der Waals surface area contributed by atoms with Crippen molar-refractivity contribution in [2.24, 2.45) is 0 Å². The highest BCUT2D eigenvalue weighted by Gasteiger charge is 2.36. The number of halogens is 1. The van der Waals surface area contributed by atoms with E-state index in [1.165, 1.54) is 18.3 Å². The summed E-state index contributed by atoms with van der Waals surface area (Å²) in [6, 6.07) is 14.3. The SMILES string of the molecule is COc1ccc(C(C(=O)NC2CCCC2)N(C(=O)c2ccco2)c2cccc(Cl)c2)cc1OC. The number of hydrogen-bond acceptors (Lipinski definition) is 5. The normalized spacial score (nSPS) is 14.4. The van der Waals surface area contributed by atoms with Crippen molar-refractivity contribution in [3.8, 4) is 11.5 Å². The summed E-state index contributed by atoms with van der Waals surface area (Å²) in [5, 5.41) is 3.58. The molecular formula is C26H27ClN2O5. The molecule has 2 amide bonds. The van der Waals surface area contributed by atoms with E-state index in [9.17, 15) is 9.59 Å². The zero-order valence-electron chi connectivity index (χ0n) is 19.1. The van der Waals surface area contributed by atoms with Crippen molar-refractivity contribution in [3.05, 3.63) is 77.2 Å². The lowest BCUT2D eigenvalue weighted by Crippen LogP contribution is -2.46. The second-order valence-corrected chi connectivity index (χ2v) is 8.58. The molecule has 8 heteroatoms. The van der Waals surface area contributed by atoms with E-state index in [1.807, 2.05) is 0 Å². The topological polar surface area (TPSA) is 81.0 Å². The van der Waals surface area contributed by atoms with Crippen LogP contribution >= 0.6 is 11.6 Å². The first-order valence-electron chi connectivity index (χ1n) is 11.2. The highest BCUT2D eigenvalue weighted by atomic mass is 35.5. The number of ether oxygens (including phenoxy) is 2. The maximum atomic E-state index is 13.8. The highest BCUT2D eigenvalue weighted by molar-refractivity contribution is 6.31. The Kier molecular flexibility index (Phi) is 7.43. The molecule has 1 aliphatic rings. The lowest BCUT2D eigenvalue weighted by Gasteiger charge is -2.32. The van der Waals surface area contributed by atoms with Crippen molar-refractivity contribution in [1.29, 1.82) is 0 Å². The Morgan fingerprint density at radius 1 is 1.03 bits per heavy atom. The van der Waals surface area contributed by atoms with Crippen LogP contribution in [-0.4, -0.2) is 32.1 Å². The zero-order chi connectivity index (χ0) is 24.1. The van der Waals surface area contributed by atoms with Crippen LogP contribution in [0.1, 0.15) is 47.8 Å². The van der Waals surface area contributed by atoms with Crippen molar-refractivity contribution in [1.82, 2.24) is 5.32 Å². The van der Waals surface area contributed by atoms with Gasteiger partial charge in [-0.25, -0.2) is 0 Å². The van der Waals surface area contributed by atoms with Gasteiger partial charge in [-0.05, 0) is 60.9 Å². The summed E-state index contributed by atoms with van der Waals surface area (Å²) in [6.07, 6.45) is 5.37. The molecule has 7 nitrogen and oxygen atoms in total. The minimum absolute atomic E-state index is 0.0649. The Hall–Kier alpha value is -3.45. The van der Waals surface area contributed by atoms with E-state index in [-0.39, 0.29) is 17.7 Å². The molecule has 0 aliphatic heterocycles. The average Bonchev–Trinajstić information content (AvgIpc) is 3.56. The van der Waals surface area contributed by atoms with Gasteiger partial charge in [0, 0.05) is 16.8 Å². The van der Waals surface area contributed by atoms with Crippen molar-refractivity contribution >= 4 is 29.1 Å². The van der Waals surface area contributed by atoms with Gasteiger partial charge in [-0.3, -0.25) is 14.5 Å². The van der Waals surface area contributed by atoms with E-state index < -0.39 is 11.9 Å². The molecule has 4 rings (SSSR count). The Morgan fingerprint density at radius 3 is 2.44 bits per heavy atom. The van der Waals surface area contributed by atoms with Crippen molar-refractivity contribution < 1.29 is 23.5 Å². The number of hydrogen-bond donors (Lipinski definition) is 1. The third-order valence-corrected chi connectivity index (χ3v) is 6.20. The molecule has 178 valence electrons. The molecule has 1 atom stereocenters. The summed E-state index contributed by atoms with van der Waals surface area (Å²) in [6.45, 7) is 0. The Morgan fingerprint density at radius 2 is 1.79 bits per heavy atom. The molecule has 0 spiro atoms. The van der Waals surface area contributed by atoms with E-state index in [2.05, 4.69) is 5.32 Å². The van der Waals surface area contributed by atoms with Crippen LogP contribution in [0.4, 0.5) is 5.69 Å². The van der Waals surface area contributed by atoms with Crippen LogP contribution in [0.25, 0.3) is 0 Å². The molecule has 1 aliphatic carbocycles. The van der Waals surface area contributed by atoms with Crippen LogP contribution in [0.15, 0.2) is 65.3 Å². The molecule has 1 saturated carbocycles. The first-order valence-corrected chi connectivity index (χ1v) is 11.5. The van der Waals surface area contributed by atoms with Gasteiger partial charge in [0.05, 0.1) is 20.5 Å². The summed E-state index contributed by atoms with van der Waals surface area (Å²) in [5.41, 5.74) is 1.03. The molecule has 2 aromatic carbocycles. The fraction of sp³-hybridized carbons (Fsp3) is 0.308. The van der Waals surface area contributed by atoms with Crippen LogP contribution in [0, 0.1) is 0 Å². The quantitative estimate of drug-likeness (QED) is 0.465. The predicted molar refractivity (Wildman–Crippen MR) is 130 cm³/mol. The lowest BCUT2D eigenvalue weighted by atomic mass is 10.0. The van der Waals surface area contributed by atoms with Crippen LogP contribution in [0.5, 0.6) is 11.5 Å². The van der Waals surface area contributed by atoms with Crippen LogP contribution < -0.4 is 19.7 Å². The number of anilines is 1. The molecule has 0 bridgehead atoms. The third-order valence-electron chi connectivity index (χ3n) is 5.97. The maximum absolute atomic E-state index is 13.8. The maximum Gasteiger partial charge on any atom is 0.294 e. The largest absolute Gasteiger partial charge is 0.493 e. The fourth-order valence-corrected chi connectivity index (χ4v) is 4.50. The summed E-state index contributed by atoms with van der Waals surface area (Å²) in [7, 11) is 3.07. The summed E-state index contributed by atoms with van der Waals surface area (Å²) in [5.74, 6) is 0.328. The molecular weight excluding hydrogens is 456 g/mol. The second-order valence-electron chi connectivity index (χ2n) is 8.14. The van der Waals surface area contributed by atoms with Gasteiger partial charge >= 0.3 is 0 Å². The van der Waals surface area contributed by atoms with Gasteiger partial charge in [0.25, 0.3) is 5.91 Å². The minimum Gasteiger partial charge on any atom is -0.493 e. The van der Waals surface area contributed by atoms with Gasteiger partial charge in [0.15, 0.2) is 17.3 Å². The van der Waals surface area contributed by atoms with E-state index in [0.29, 0.717) is 27.8 Å². The van der Waals surface area contributed by atoms with Crippen molar-refractivity contribution in [3.63, 3.8) is 0 Å². The van der Waals surface area contributed by atoms with Crippen molar-refractivity contribution in [2.45, 2.75) is 37.8 Å². The van der Waals surface area contributed by atoms with Crippen molar-refractivity contribution in [2.75, 3.05) is 19.1 Å². The van der Waals surface area contributed by atoms with Gasteiger partial charge in [0.2, 0.25) is 5.91 Å². The number of amides is 2.